The third kappa shape index (κ3) is 5.14. The molecule has 2 aromatic rings. The normalized spacial score (nSPS) is 15.5. The highest BCUT2D eigenvalue weighted by Gasteiger charge is 2.25. The van der Waals surface area contributed by atoms with Gasteiger partial charge in [0.05, 0.1) is 11.5 Å². The summed E-state index contributed by atoms with van der Waals surface area (Å²) in [6.07, 6.45) is 0. The van der Waals surface area contributed by atoms with Crippen LogP contribution in [-0.4, -0.2) is 59.3 Å². The molecule has 0 aliphatic carbocycles. The Morgan fingerprint density at radius 1 is 1.13 bits per heavy atom. The van der Waals surface area contributed by atoms with Crippen LogP contribution < -0.4 is 5.32 Å². The predicted octanol–water partition coefficient (Wildman–Crippen LogP) is 2.88. The lowest BCUT2D eigenvalue weighted by Crippen LogP contribution is -2.51. The third-order valence-corrected chi connectivity index (χ3v) is 5.63. The van der Waals surface area contributed by atoms with Crippen molar-refractivity contribution in [3.8, 4) is 0 Å². The minimum absolute atomic E-state index is 0.143. The van der Waals surface area contributed by atoms with E-state index >= 15 is 0 Å². The average molecular weight is 431 g/mol. The van der Waals surface area contributed by atoms with E-state index in [-0.39, 0.29) is 29.7 Å². The van der Waals surface area contributed by atoms with Crippen LogP contribution in [0.1, 0.15) is 28.9 Å². The minimum Gasteiger partial charge on any atom is -0.343 e. The zero-order valence-corrected chi connectivity index (χ0v) is 17.3. The number of rotatable bonds is 6. The van der Waals surface area contributed by atoms with Crippen molar-refractivity contribution in [2.45, 2.75) is 13.0 Å². The van der Waals surface area contributed by atoms with Gasteiger partial charge in [0, 0.05) is 54.9 Å². The Balaban J connectivity index is 1.50. The van der Waals surface area contributed by atoms with E-state index in [1.54, 1.807) is 4.90 Å². The number of non-ortho nitro benzene ring substituents is 1. The molecule has 0 radical (unpaired) electrons. The van der Waals surface area contributed by atoms with E-state index in [1.807, 2.05) is 24.3 Å². The fourth-order valence-corrected chi connectivity index (χ4v) is 3.79. The van der Waals surface area contributed by atoms with Crippen LogP contribution in [0.25, 0.3) is 0 Å². The van der Waals surface area contributed by atoms with Gasteiger partial charge in [-0.05, 0) is 24.6 Å². The second kappa shape index (κ2) is 9.69. The Morgan fingerprint density at radius 3 is 2.50 bits per heavy atom. The molecule has 0 bridgehead atoms. The maximum Gasteiger partial charge on any atom is 0.270 e. The molecule has 3 rings (SSSR count). The maximum absolute atomic E-state index is 12.5. The molecule has 8 nitrogen and oxygen atoms in total. The summed E-state index contributed by atoms with van der Waals surface area (Å²) in [7, 11) is 0. The highest BCUT2D eigenvalue weighted by Crippen LogP contribution is 2.27. The van der Waals surface area contributed by atoms with E-state index in [9.17, 15) is 19.7 Å². The number of carbonyl (C=O) groups is 2. The predicted molar refractivity (Wildman–Crippen MR) is 113 cm³/mol. The first-order valence-corrected chi connectivity index (χ1v) is 10.0. The molecule has 1 heterocycles. The quantitative estimate of drug-likeness (QED) is 0.561. The zero-order valence-electron chi connectivity index (χ0n) is 16.6. The van der Waals surface area contributed by atoms with Gasteiger partial charge in [0.2, 0.25) is 5.91 Å². The molecule has 1 atom stereocenters. The molecule has 1 fully saturated rings. The summed E-state index contributed by atoms with van der Waals surface area (Å²) in [6, 6.07) is 13.3. The van der Waals surface area contributed by atoms with Gasteiger partial charge in [0.15, 0.2) is 0 Å². The van der Waals surface area contributed by atoms with Gasteiger partial charge >= 0.3 is 0 Å². The number of piperazine rings is 1. The van der Waals surface area contributed by atoms with Crippen molar-refractivity contribution < 1.29 is 14.5 Å². The van der Waals surface area contributed by atoms with Gasteiger partial charge in [-0.15, -0.1) is 0 Å². The number of halogens is 1. The van der Waals surface area contributed by atoms with Crippen LogP contribution >= 0.6 is 11.6 Å². The van der Waals surface area contributed by atoms with Gasteiger partial charge in [0.25, 0.3) is 11.6 Å². The zero-order chi connectivity index (χ0) is 21.7. The van der Waals surface area contributed by atoms with E-state index in [0.29, 0.717) is 26.2 Å². The summed E-state index contributed by atoms with van der Waals surface area (Å²) >= 11 is 6.30. The van der Waals surface area contributed by atoms with Crippen molar-refractivity contribution in [1.29, 1.82) is 0 Å². The number of nitro groups is 1. The second-order valence-corrected chi connectivity index (χ2v) is 7.51. The fourth-order valence-electron chi connectivity index (χ4n) is 3.50. The van der Waals surface area contributed by atoms with Crippen LogP contribution in [0.4, 0.5) is 5.69 Å². The smallest absolute Gasteiger partial charge is 0.270 e. The first kappa shape index (κ1) is 21.7. The van der Waals surface area contributed by atoms with Crippen LogP contribution in [-0.2, 0) is 4.79 Å². The standard InChI is InChI=1S/C21H23ClN4O4/c1-15(18-7-2-3-8-19(18)22)24-9-11-25(12-10-24)20(27)14-23-21(28)16-5-4-6-17(13-16)26(29)30/h2-8,13,15H,9-12,14H2,1H3,(H,23,28). The van der Waals surface area contributed by atoms with Crippen molar-refractivity contribution in [1.82, 2.24) is 15.1 Å². The number of carbonyl (C=O) groups excluding carboxylic acids is 2. The number of nitro benzene ring substituents is 1. The average Bonchev–Trinajstić information content (AvgIpc) is 2.77. The van der Waals surface area contributed by atoms with Crippen molar-refractivity contribution in [2.24, 2.45) is 0 Å². The van der Waals surface area contributed by atoms with Crippen LogP contribution in [0, 0.1) is 10.1 Å². The maximum atomic E-state index is 12.5. The molecule has 1 N–H and O–H groups in total. The number of hydrogen-bond donors (Lipinski definition) is 1. The Hall–Kier alpha value is -2.97. The van der Waals surface area contributed by atoms with Gasteiger partial charge in [-0.2, -0.15) is 0 Å². The molecule has 158 valence electrons. The Labute approximate surface area is 179 Å². The topological polar surface area (TPSA) is 95.8 Å². The van der Waals surface area contributed by atoms with E-state index in [1.165, 1.54) is 24.3 Å². The summed E-state index contributed by atoms with van der Waals surface area (Å²) in [6.45, 7) is 4.47. The third-order valence-electron chi connectivity index (χ3n) is 5.29. The molecule has 2 amide bonds. The molecule has 0 saturated carbocycles. The van der Waals surface area contributed by atoms with Gasteiger partial charge in [0.1, 0.15) is 0 Å². The number of nitrogens with zero attached hydrogens (tertiary/aromatic N) is 3. The summed E-state index contributed by atoms with van der Waals surface area (Å²) < 4.78 is 0. The first-order valence-electron chi connectivity index (χ1n) is 9.65. The van der Waals surface area contributed by atoms with Gasteiger partial charge in [-0.3, -0.25) is 24.6 Å². The molecule has 0 aromatic heterocycles. The minimum atomic E-state index is -0.564. The van der Waals surface area contributed by atoms with Gasteiger partial charge in [-0.1, -0.05) is 35.9 Å². The summed E-state index contributed by atoms with van der Waals surface area (Å²) in [5, 5.41) is 14.1. The lowest BCUT2D eigenvalue weighted by atomic mass is 10.1. The molecule has 1 saturated heterocycles. The molecule has 1 aliphatic heterocycles. The van der Waals surface area contributed by atoms with E-state index in [0.717, 1.165) is 10.6 Å². The molecule has 9 heteroatoms. The molecular weight excluding hydrogens is 408 g/mol. The number of hydrogen-bond acceptors (Lipinski definition) is 5. The Kier molecular flexibility index (Phi) is 7.02. The lowest BCUT2D eigenvalue weighted by Gasteiger charge is -2.38. The highest BCUT2D eigenvalue weighted by atomic mass is 35.5. The summed E-state index contributed by atoms with van der Waals surface area (Å²) in [4.78, 5) is 38.9. The molecular formula is C21H23ClN4O4. The Bertz CT molecular complexity index is 944. The van der Waals surface area contributed by atoms with Crippen molar-refractivity contribution in [3.05, 3.63) is 74.8 Å². The largest absolute Gasteiger partial charge is 0.343 e. The summed E-state index contributed by atoms with van der Waals surface area (Å²) in [5.41, 5.74) is 1.04. The van der Waals surface area contributed by atoms with E-state index in [4.69, 9.17) is 11.6 Å². The number of benzene rings is 2. The number of nitrogens with one attached hydrogen (secondary N) is 1. The van der Waals surface area contributed by atoms with Gasteiger partial charge in [-0.25, -0.2) is 0 Å². The van der Waals surface area contributed by atoms with Crippen LogP contribution in [0.2, 0.25) is 5.02 Å². The molecule has 1 unspecified atom stereocenters. The fraction of sp³-hybridized carbons (Fsp3) is 0.333. The van der Waals surface area contributed by atoms with Crippen molar-refractivity contribution >= 4 is 29.1 Å². The first-order chi connectivity index (χ1) is 14.4. The van der Waals surface area contributed by atoms with Gasteiger partial charge < -0.3 is 10.2 Å². The molecule has 2 aromatic carbocycles. The molecule has 30 heavy (non-hydrogen) atoms. The lowest BCUT2D eigenvalue weighted by molar-refractivity contribution is -0.384. The second-order valence-electron chi connectivity index (χ2n) is 7.10. The van der Waals surface area contributed by atoms with Crippen molar-refractivity contribution in [3.63, 3.8) is 0 Å². The summed E-state index contributed by atoms with van der Waals surface area (Å²) in [5.74, 6) is -0.697. The van der Waals surface area contributed by atoms with Crippen LogP contribution in [0.15, 0.2) is 48.5 Å². The van der Waals surface area contributed by atoms with E-state index in [2.05, 4.69) is 17.1 Å². The van der Waals surface area contributed by atoms with Crippen molar-refractivity contribution in [2.75, 3.05) is 32.7 Å². The van der Waals surface area contributed by atoms with E-state index < -0.39 is 10.8 Å². The molecule has 1 aliphatic rings. The Morgan fingerprint density at radius 2 is 1.83 bits per heavy atom. The highest BCUT2D eigenvalue weighted by molar-refractivity contribution is 6.31. The SMILES string of the molecule is CC(c1ccccc1Cl)N1CCN(C(=O)CNC(=O)c2cccc([N+](=O)[O-])c2)CC1. The van der Waals surface area contributed by atoms with Crippen LogP contribution in [0.3, 0.4) is 0 Å². The van der Waals surface area contributed by atoms with Crippen LogP contribution in [0.5, 0.6) is 0 Å². The number of amides is 2. The monoisotopic (exact) mass is 430 g/mol. The molecule has 0 spiro atoms.